The zero-order valence-electron chi connectivity index (χ0n) is 19.1. The number of amides is 2. The lowest BCUT2D eigenvalue weighted by Gasteiger charge is -2.13. The smallest absolute Gasteiger partial charge is 0.351 e. The summed E-state index contributed by atoms with van der Waals surface area (Å²) in [5.41, 5.74) is -0.0223. The van der Waals surface area contributed by atoms with E-state index in [0.717, 1.165) is 0 Å². The van der Waals surface area contributed by atoms with Gasteiger partial charge < -0.3 is 13.9 Å². The first-order chi connectivity index (χ1) is 16.9. The predicted molar refractivity (Wildman–Crippen MR) is 124 cm³/mol. The van der Waals surface area contributed by atoms with Gasteiger partial charge in [0.05, 0.1) is 17.7 Å². The summed E-state index contributed by atoms with van der Waals surface area (Å²) in [4.78, 5) is 62.1. The molecule has 35 heavy (non-hydrogen) atoms. The van der Waals surface area contributed by atoms with Gasteiger partial charge in [-0.3, -0.25) is 19.3 Å². The predicted octanol–water partition coefficient (Wildman–Crippen LogP) is 3.73. The number of hydrogen-bond acceptors (Lipinski definition) is 8. The zero-order valence-corrected chi connectivity index (χ0v) is 19.1. The fourth-order valence-corrected chi connectivity index (χ4v) is 3.85. The molecule has 3 aromatic rings. The molecule has 1 aliphatic rings. The molecule has 2 heterocycles. The second kappa shape index (κ2) is 10.3. The average Bonchev–Trinajstić information content (AvgIpc) is 3.08. The second-order valence-corrected chi connectivity index (χ2v) is 7.96. The van der Waals surface area contributed by atoms with E-state index in [4.69, 9.17) is 13.9 Å². The van der Waals surface area contributed by atoms with E-state index in [1.165, 1.54) is 23.1 Å². The van der Waals surface area contributed by atoms with Crippen LogP contribution in [0.5, 0.6) is 5.75 Å². The standard InChI is InChI=1S/C26H23NO8/c1-2-33-25(31)20-14-16-11-12-17(15-21(16)35-26(20)32)34-22(28)10-4-3-7-13-27-23(29)18-8-5-6-9-19(18)24(27)30/h5-6,8-9,11-12,14-15H,2-4,7,10,13H2,1H3. The molecule has 0 spiro atoms. The van der Waals surface area contributed by atoms with Gasteiger partial charge in [0.25, 0.3) is 11.8 Å². The van der Waals surface area contributed by atoms with Crippen LogP contribution in [0.15, 0.2) is 57.7 Å². The molecule has 0 radical (unpaired) electrons. The second-order valence-electron chi connectivity index (χ2n) is 7.96. The number of rotatable bonds is 9. The number of carbonyl (C=O) groups is 4. The molecule has 0 aliphatic carbocycles. The molecular formula is C26H23NO8. The van der Waals surface area contributed by atoms with Crippen LogP contribution in [0.25, 0.3) is 11.0 Å². The normalized spacial score (nSPS) is 12.7. The van der Waals surface area contributed by atoms with Gasteiger partial charge in [0.2, 0.25) is 0 Å². The van der Waals surface area contributed by atoms with Crippen LogP contribution in [0.2, 0.25) is 0 Å². The number of carbonyl (C=O) groups excluding carboxylic acids is 4. The van der Waals surface area contributed by atoms with Gasteiger partial charge in [-0.25, -0.2) is 9.59 Å². The van der Waals surface area contributed by atoms with Gasteiger partial charge in [-0.15, -0.1) is 0 Å². The number of hydrogen-bond donors (Lipinski definition) is 0. The molecule has 0 unspecified atom stereocenters. The number of nitrogens with zero attached hydrogens (tertiary/aromatic N) is 1. The summed E-state index contributed by atoms with van der Waals surface area (Å²) < 4.78 is 15.3. The van der Waals surface area contributed by atoms with E-state index in [1.807, 2.05) is 0 Å². The highest BCUT2D eigenvalue weighted by atomic mass is 16.5. The maximum atomic E-state index is 12.4. The Morgan fingerprint density at radius 3 is 2.31 bits per heavy atom. The van der Waals surface area contributed by atoms with E-state index in [2.05, 4.69) is 0 Å². The van der Waals surface area contributed by atoms with Crippen molar-refractivity contribution >= 4 is 34.7 Å². The molecule has 0 bridgehead atoms. The lowest BCUT2D eigenvalue weighted by atomic mass is 10.1. The van der Waals surface area contributed by atoms with Gasteiger partial charge in [0, 0.05) is 24.4 Å². The van der Waals surface area contributed by atoms with Gasteiger partial charge in [-0.2, -0.15) is 0 Å². The molecule has 0 N–H and O–H groups in total. The Balaban J connectivity index is 1.26. The van der Waals surface area contributed by atoms with Gasteiger partial charge in [0.15, 0.2) is 0 Å². The van der Waals surface area contributed by atoms with E-state index in [0.29, 0.717) is 42.3 Å². The maximum absolute atomic E-state index is 12.4. The number of esters is 2. The third-order valence-corrected chi connectivity index (χ3v) is 5.58. The fraction of sp³-hybridized carbons (Fsp3) is 0.269. The lowest BCUT2D eigenvalue weighted by Crippen LogP contribution is -2.30. The van der Waals surface area contributed by atoms with Crippen molar-refractivity contribution < 1.29 is 33.1 Å². The van der Waals surface area contributed by atoms with Crippen molar-refractivity contribution in [1.29, 1.82) is 0 Å². The zero-order chi connectivity index (χ0) is 24.9. The van der Waals surface area contributed by atoms with Crippen LogP contribution >= 0.6 is 0 Å². The van der Waals surface area contributed by atoms with Crippen molar-refractivity contribution in [3.05, 3.63) is 75.6 Å². The molecular weight excluding hydrogens is 454 g/mol. The topological polar surface area (TPSA) is 120 Å². The Kier molecular flexibility index (Phi) is 7.05. The summed E-state index contributed by atoms with van der Waals surface area (Å²) in [5.74, 6) is -1.59. The molecule has 9 heteroatoms. The molecule has 1 aromatic heterocycles. The number of fused-ring (bicyclic) bond motifs is 2. The van der Waals surface area contributed by atoms with Crippen LogP contribution in [-0.2, 0) is 9.53 Å². The van der Waals surface area contributed by atoms with Crippen molar-refractivity contribution in [2.24, 2.45) is 0 Å². The van der Waals surface area contributed by atoms with E-state index >= 15 is 0 Å². The Hall–Kier alpha value is -4.27. The molecule has 0 fully saturated rings. The van der Waals surface area contributed by atoms with Crippen LogP contribution in [0, 0.1) is 0 Å². The first-order valence-corrected chi connectivity index (χ1v) is 11.3. The monoisotopic (exact) mass is 477 g/mol. The van der Waals surface area contributed by atoms with Crippen molar-refractivity contribution in [2.45, 2.75) is 32.6 Å². The first kappa shape index (κ1) is 23.9. The Bertz CT molecular complexity index is 1340. The van der Waals surface area contributed by atoms with E-state index in [-0.39, 0.29) is 41.7 Å². The molecule has 2 amide bonds. The summed E-state index contributed by atoms with van der Waals surface area (Å²) in [6, 6.07) is 12.6. The summed E-state index contributed by atoms with van der Waals surface area (Å²) in [6.45, 7) is 2.06. The van der Waals surface area contributed by atoms with Crippen molar-refractivity contribution in [3.63, 3.8) is 0 Å². The van der Waals surface area contributed by atoms with E-state index in [9.17, 15) is 24.0 Å². The van der Waals surface area contributed by atoms with Crippen LogP contribution in [0.4, 0.5) is 0 Å². The maximum Gasteiger partial charge on any atom is 0.351 e. The molecule has 1 aliphatic heterocycles. The summed E-state index contributed by atoms with van der Waals surface area (Å²) in [7, 11) is 0. The van der Waals surface area contributed by atoms with Crippen LogP contribution in [0.3, 0.4) is 0 Å². The molecule has 0 saturated heterocycles. The van der Waals surface area contributed by atoms with Gasteiger partial charge in [0.1, 0.15) is 16.9 Å². The lowest BCUT2D eigenvalue weighted by molar-refractivity contribution is -0.134. The van der Waals surface area contributed by atoms with Gasteiger partial charge in [-0.1, -0.05) is 18.6 Å². The SMILES string of the molecule is CCOC(=O)c1cc2ccc(OC(=O)CCCCCN3C(=O)c4ccccc4C3=O)cc2oc1=O. The highest BCUT2D eigenvalue weighted by Gasteiger charge is 2.34. The third-order valence-electron chi connectivity index (χ3n) is 5.58. The number of ether oxygens (including phenoxy) is 2. The molecule has 4 rings (SSSR count). The summed E-state index contributed by atoms with van der Waals surface area (Å²) in [5, 5.41) is 0.487. The Morgan fingerprint density at radius 2 is 1.63 bits per heavy atom. The minimum Gasteiger partial charge on any atom is -0.462 e. The molecule has 2 aromatic carbocycles. The number of imide groups is 1. The van der Waals surface area contributed by atoms with E-state index < -0.39 is 17.6 Å². The quantitative estimate of drug-likeness (QED) is 0.150. The number of benzene rings is 2. The van der Waals surface area contributed by atoms with Gasteiger partial charge >= 0.3 is 17.6 Å². The average molecular weight is 477 g/mol. The van der Waals surface area contributed by atoms with Crippen LogP contribution in [-0.4, -0.2) is 41.8 Å². The van der Waals surface area contributed by atoms with E-state index in [1.54, 1.807) is 37.3 Å². The minimum atomic E-state index is -0.836. The van der Waals surface area contributed by atoms with Crippen molar-refractivity contribution in [2.75, 3.05) is 13.2 Å². The summed E-state index contributed by atoms with van der Waals surface area (Å²) in [6.07, 6.45) is 1.87. The van der Waals surface area contributed by atoms with Gasteiger partial charge in [-0.05, 0) is 50.1 Å². The molecule has 180 valence electrons. The molecule has 9 nitrogen and oxygen atoms in total. The molecule has 0 atom stereocenters. The summed E-state index contributed by atoms with van der Waals surface area (Å²) >= 11 is 0. The largest absolute Gasteiger partial charge is 0.462 e. The first-order valence-electron chi connectivity index (χ1n) is 11.3. The highest BCUT2D eigenvalue weighted by Crippen LogP contribution is 2.24. The van der Waals surface area contributed by atoms with Crippen LogP contribution in [0.1, 0.15) is 63.7 Å². The fourth-order valence-electron chi connectivity index (χ4n) is 3.85. The van der Waals surface area contributed by atoms with Crippen molar-refractivity contribution in [3.8, 4) is 5.75 Å². The minimum absolute atomic E-state index is 0.133. The Morgan fingerprint density at radius 1 is 0.914 bits per heavy atom. The third kappa shape index (κ3) is 5.13. The Labute approximate surface area is 200 Å². The highest BCUT2D eigenvalue weighted by molar-refractivity contribution is 6.21. The van der Waals surface area contributed by atoms with Crippen LogP contribution < -0.4 is 10.4 Å². The molecule has 0 saturated carbocycles. The number of unbranched alkanes of at least 4 members (excludes halogenated alkanes) is 2. The van der Waals surface area contributed by atoms with Crippen molar-refractivity contribution in [1.82, 2.24) is 4.90 Å².